The maximum atomic E-state index is 8.96. The molecular formula is C12H19NO. The van der Waals surface area contributed by atoms with Crippen molar-refractivity contribution in [2.75, 3.05) is 25.1 Å². The molecule has 14 heavy (non-hydrogen) atoms. The van der Waals surface area contributed by atoms with Crippen molar-refractivity contribution >= 4 is 5.69 Å². The number of aliphatic hydroxyl groups is 1. The van der Waals surface area contributed by atoms with Crippen LogP contribution in [0.3, 0.4) is 0 Å². The molecule has 2 heteroatoms. The molecular weight excluding hydrogens is 174 g/mol. The highest BCUT2D eigenvalue weighted by Gasteiger charge is 2.05. The smallest absolute Gasteiger partial charge is 0.0473 e. The van der Waals surface area contributed by atoms with Crippen LogP contribution in [0.25, 0.3) is 0 Å². The van der Waals surface area contributed by atoms with E-state index >= 15 is 0 Å². The highest BCUT2D eigenvalue weighted by Crippen LogP contribution is 2.15. The first kappa shape index (κ1) is 11.1. The van der Waals surface area contributed by atoms with E-state index in [1.54, 1.807) is 0 Å². The van der Waals surface area contributed by atoms with Crippen LogP contribution in [0, 0.1) is 12.8 Å². The number of rotatable bonds is 4. The molecule has 1 atom stereocenters. The molecule has 1 N–H and O–H groups in total. The van der Waals surface area contributed by atoms with Gasteiger partial charge in [0, 0.05) is 25.9 Å². The van der Waals surface area contributed by atoms with Gasteiger partial charge in [-0.2, -0.15) is 0 Å². The molecule has 0 saturated heterocycles. The van der Waals surface area contributed by atoms with Gasteiger partial charge in [-0.25, -0.2) is 0 Å². The Balaban J connectivity index is 2.64. The van der Waals surface area contributed by atoms with Crippen molar-refractivity contribution in [3.63, 3.8) is 0 Å². The van der Waals surface area contributed by atoms with Gasteiger partial charge in [-0.05, 0) is 30.5 Å². The van der Waals surface area contributed by atoms with E-state index in [1.165, 1.54) is 11.3 Å². The Labute approximate surface area is 86.2 Å². The Kier molecular flexibility index (Phi) is 3.96. The standard InChI is InChI=1S/C12H19NO/c1-10-5-4-6-12(7-10)13(3)8-11(2)9-14/h4-7,11,14H,8-9H2,1-3H3. The molecule has 1 aromatic rings. The average molecular weight is 193 g/mol. The fraction of sp³-hybridized carbons (Fsp3) is 0.500. The topological polar surface area (TPSA) is 23.5 Å². The molecule has 78 valence electrons. The van der Waals surface area contributed by atoms with Crippen LogP contribution >= 0.6 is 0 Å². The van der Waals surface area contributed by atoms with Gasteiger partial charge in [0.25, 0.3) is 0 Å². The van der Waals surface area contributed by atoms with E-state index in [0.717, 1.165) is 6.54 Å². The molecule has 0 spiro atoms. The molecule has 1 unspecified atom stereocenters. The lowest BCUT2D eigenvalue weighted by Gasteiger charge is -2.22. The van der Waals surface area contributed by atoms with Gasteiger partial charge >= 0.3 is 0 Å². The molecule has 0 heterocycles. The van der Waals surface area contributed by atoms with E-state index in [4.69, 9.17) is 5.11 Å². The van der Waals surface area contributed by atoms with Crippen LogP contribution in [0.2, 0.25) is 0 Å². The third kappa shape index (κ3) is 3.04. The second-order valence-electron chi connectivity index (χ2n) is 4.01. The second-order valence-corrected chi connectivity index (χ2v) is 4.01. The van der Waals surface area contributed by atoms with Gasteiger partial charge in [-0.3, -0.25) is 0 Å². The van der Waals surface area contributed by atoms with Crippen LogP contribution in [0.1, 0.15) is 12.5 Å². The van der Waals surface area contributed by atoms with Crippen molar-refractivity contribution in [2.45, 2.75) is 13.8 Å². The average Bonchev–Trinajstić information content (AvgIpc) is 2.17. The Morgan fingerprint density at radius 2 is 2.14 bits per heavy atom. The molecule has 0 fully saturated rings. The molecule has 1 aromatic carbocycles. The summed E-state index contributed by atoms with van der Waals surface area (Å²) in [7, 11) is 2.06. The summed E-state index contributed by atoms with van der Waals surface area (Å²) < 4.78 is 0. The fourth-order valence-electron chi connectivity index (χ4n) is 1.50. The number of aliphatic hydroxyl groups excluding tert-OH is 1. The van der Waals surface area contributed by atoms with Crippen LogP contribution in [0.5, 0.6) is 0 Å². The summed E-state index contributed by atoms with van der Waals surface area (Å²) in [6.07, 6.45) is 0. The van der Waals surface area contributed by atoms with Crippen molar-refractivity contribution in [1.82, 2.24) is 0 Å². The van der Waals surface area contributed by atoms with Gasteiger partial charge in [0.1, 0.15) is 0 Å². The normalized spacial score (nSPS) is 12.6. The lowest BCUT2D eigenvalue weighted by Crippen LogP contribution is -2.25. The van der Waals surface area contributed by atoms with E-state index in [2.05, 4.69) is 43.1 Å². The number of hydrogen-bond acceptors (Lipinski definition) is 2. The lowest BCUT2D eigenvalue weighted by atomic mass is 10.1. The van der Waals surface area contributed by atoms with Crippen molar-refractivity contribution < 1.29 is 5.11 Å². The Hall–Kier alpha value is -1.02. The maximum Gasteiger partial charge on any atom is 0.0473 e. The predicted octanol–water partition coefficient (Wildman–Crippen LogP) is 2.06. The molecule has 0 aliphatic rings. The highest BCUT2D eigenvalue weighted by atomic mass is 16.3. The summed E-state index contributed by atoms with van der Waals surface area (Å²) in [5.74, 6) is 0.320. The zero-order chi connectivity index (χ0) is 10.6. The number of nitrogens with zero attached hydrogens (tertiary/aromatic N) is 1. The lowest BCUT2D eigenvalue weighted by molar-refractivity contribution is 0.240. The first-order valence-electron chi connectivity index (χ1n) is 5.02. The maximum absolute atomic E-state index is 8.96. The van der Waals surface area contributed by atoms with Crippen molar-refractivity contribution in [3.8, 4) is 0 Å². The van der Waals surface area contributed by atoms with Crippen molar-refractivity contribution in [2.24, 2.45) is 5.92 Å². The van der Waals surface area contributed by atoms with E-state index in [0.29, 0.717) is 5.92 Å². The van der Waals surface area contributed by atoms with Crippen LogP contribution in [0.15, 0.2) is 24.3 Å². The monoisotopic (exact) mass is 193 g/mol. The Bertz CT molecular complexity index is 285. The van der Waals surface area contributed by atoms with Gasteiger partial charge in [0.15, 0.2) is 0 Å². The molecule has 0 radical (unpaired) electrons. The highest BCUT2D eigenvalue weighted by molar-refractivity contribution is 5.47. The molecule has 0 saturated carbocycles. The molecule has 0 bridgehead atoms. The zero-order valence-electron chi connectivity index (χ0n) is 9.20. The van der Waals surface area contributed by atoms with Gasteiger partial charge in [0.05, 0.1) is 0 Å². The van der Waals surface area contributed by atoms with Gasteiger partial charge in [0.2, 0.25) is 0 Å². The van der Waals surface area contributed by atoms with E-state index < -0.39 is 0 Å². The number of anilines is 1. The first-order valence-corrected chi connectivity index (χ1v) is 5.02. The van der Waals surface area contributed by atoms with E-state index in [-0.39, 0.29) is 6.61 Å². The zero-order valence-corrected chi connectivity index (χ0v) is 9.20. The van der Waals surface area contributed by atoms with Gasteiger partial charge < -0.3 is 10.0 Å². The molecule has 0 aliphatic heterocycles. The summed E-state index contributed by atoms with van der Waals surface area (Å²) in [4.78, 5) is 2.17. The van der Waals surface area contributed by atoms with Crippen LogP contribution < -0.4 is 4.90 Å². The second kappa shape index (κ2) is 5.01. The van der Waals surface area contributed by atoms with E-state index in [1.807, 2.05) is 6.92 Å². The summed E-state index contributed by atoms with van der Waals surface area (Å²) in [6.45, 7) is 5.27. The minimum absolute atomic E-state index is 0.246. The first-order chi connectivity index (χ1) is 6.63. The largest absolute Gasteiger partial charge is 0.396 e. The number of benzene rings is 1. The van der Waals surface area contributed by atoms with E-state index in [9.17, 15) is 0 Å². The number of aryl methyl sites for hydroxylation is 1. The minimum atomic E-state index is 0.246. The summed E-state index contributed by atoms with van der Waals surface area (Å²) in [5, 5.41) is 8.96. The van der Waals surface area contributed by atoms with Crippen molar-refractivity contribution in [3.05, 3.63) is 29.8 Å². The summed E-state index contributed by atoms with van der Waals surface area (Å²) in [5.41, 5.74) is 2.48. The van der Waals surface area contributed by atoms with Gasteiger partial charge in [-0.1, -0.05) is 19.1 Å². The van der Waals surface area contributed by atoms with Gasteiger partial charge in [-0.15, -0.1) is 0 Å². The molecule has 2 nitrogen and oxygen atoms in total. The van der Waals surface area contributed by atoms with Crippen LogP contribution in [0.4, 0.5) is 5.69 Å². The molecule has 1 rings (SSSR count). The minimum Gasteiger partial charge on any atom is -0.396 e. The molecule has 0 amide bonds. The van der Waals surface area contributed by atoms with Crippen molar-refractivity contribution in [1.29, 1.82) is 0 Å². The predicted molar refractivity (Wildman–Crippen MR) is 60.7 cm³/mol. The third-order valence-corrected chi connectivity index (χ3v) is 2.34. The Morgan fingerprint density at radius 1 is 1.43 bits per heavy atom. The number of hydrogen-bond donors (Lipinski definition) is 1. The Morgan fingerprint density at radius 3 is 2.71 bits per heavy atom. The quantitative estimate of drug-likeness (QED) is 0.791. The van der Waals surface area contributed by atoms with Crippen LogP contribution in [-0.4, -0.2) is 25.3 Å². The summed E-state index contributed by atoms with van der Waals surface area (Å²) in [6, 6.07) is 8.40. The third-order valence-electron chi connectivity index (χ3n) is 2.34. The van der Waals surface area contributed by atoms with Crippen LogP contribution in [-0.2, 0) is 0 Å². The molecule has 0 aromatic heterocycles. The summed E-state index contributed by atoms with van der Waals surface area (Å²) >= 11 is 0. The SMILES string of the molecule is Cc1cccc(N(C)CC(C)CO)c1. The fourth-order valence-corrected chi connectivity index (χ4v) is 1.50. The molecule has 0 aliphatic carbocycles.